The van der Waals surface area contributed by atoms with Crippen LogP contribution in [0.15, 0.2) is 48.5 Å². The minimum Gasteiger partial charge on any atom is -0.166 e. The number of hydrogen-bond acceptors (Lipinski definition) is 0. The van der Waals surface area contributed by atoms with E-state index in [1.165, 1.54) is 18.2 Å². The van der Waals surface area contributed by atoms with Gasteiger partial charge in [-0.2, -0.15) is 26.3 Å². The second-order valence-electron chi connectivity index (χ2n) is 5.64. The predicted molar refractivity (Wildman–Crippen MR) is 93.1 cm³/mol. The Morgan fingerprint density at radius 1 is 0.692 bits per heavy atom. The number of benzene rings is 2. The van der Waals surface area contributed by atoms with Gasteiger partial charge in [0.1, 0.15) is 0 Å². The number of hydrogen-bond donors (Lipinski definition) is 0. The van der Waals surface area contributed by atoms with Crippen molar-refractivity contribution >= 4 is 0 Å². The first-order chi connectivity index (χ1) is 11.9. The molecule has 0 spiro atoms. The molecule has 0 unspecified atom stereocenters. The number of rotatable bonds is 1. The summed E-state index contributed by atoms with van der Waals surface area (Å²) >= 11 is 0. The lowest BCUT2D eigenvalue weighted by Gasteiger charge is -2.09. The fraction of sp³-hybridized carbons (Fsp3) is 0.400. The Morgan fingerprint density at radius 3 is 1.46 bits per heavy atom. The van der Waals surface area contributed by atoms with Crippen LogP contribution in [0.3, 0.4) is 0 Å². The van der Waals surface area contributed by atoms with Crippen LogP contribution < -0.4 is 0 Å². The van der Waals surface area contributed by atoms with Gasteiger partial charge >= 0.3 is 12.4 Å². The van der Waals surface area contributed by atoms with Crippen LogP contribution in [-0.4, -0.2) is 0 Å². The summed E-state index contributed by atoms with van der Waals surface area (Å²) in [5, 5.41) is 0. The van der Waals surface area contributed by atoms with E-state index in [-0.39, 0.29) is 5.92 Å². The SMILES string of the molecule is CC.CC(C)c1ccc(C(F)(F)F)cc1.Cc1cccc(C(F)(F)F)c1. The van der Waals surface area contributed by atoms with Crippen LogP contribution in [0.4, 0.5) is 26.3 Å². The molecular weight excluding hydrogens is 354 g/mol. The Bertz CT molecular complexity index is 637. The van der Waals surface area contributed by atoms with Crippen LogP contribution in [-0.2, 0) is 12.4 Å². The van der Waals surface area contributed by atoms with Crippen molar-refractivity contribution in [3.05, 3.63) is 70.8 Å². The Hall–Kier alpha value is -1.98. The Balaban J connectivity index is 0.000000444. The van der Waals surface area contributed by atoms with E-state index in [1.54, 1.807) is 13.0 Å². The lowest BCUT2D eigenvalue weighted by Crippen LogP contribution is -2.04. The lowest BCUT2D eigenvalue weighted by atomic mass is 10.0. The second-order valence-corrected chi connectivity index (χ2v) is 5.64. The fourth-order valence-corrected chi connectivity index (χ4v) is 1.88. The zero-order valence-corrected chi connectivity index (χ0v) is 15.5. The normalized spacial score (nSPS) is 11.2. The molecule has 0 heterocycles. The molecule has 0 aliphatic carbocycles. The summed E-state index contributed by atoms with van der Waals surface area (Å²) in [6.45, 7) is 9.53. The molecule has 2 aromatic rings. The number of halogens is 6. The van der Waals surface area contributed by atoms with Crippen molar-refractivity contribution in [2.45, 2.75) is 52.9 Å². The van der Waals surface area contributed by atoms with E-state index < -0.39 is 23.5 Å². The molecule has 0 aliphatic rings. The second kappa shape index (κ2) is 10.2. The van der Waals surface area contributed by atoms with Crippen molar-refractivity contribution in [1.29, 1.82) is 0 Å². The summed E-state index contributed by atoms with van der Waals surface area (Å²) in [6.07, 6.45) is -8.44. The maximum Gasteiger partial charge on any atom is 0.416 e. The van der Waals surface area contributed by atoms with Crippen molar-refractivity contribution in [3.63, 3.8) is 0 Å². The van der Waals surface area contributed by atoms with Crippen molar-refractivity contribution < 1.29 is 26.3 Å². The molecule has 0 fully saturated rings. The van der Waals surface area contributed by atoms with E-state index in [1.807, 2.05) is 27.7 Å². The highest BCUT2D eigenvalue weighted by molar-refractivity contribution is 5.26. The van der Waals surface area contributed by atoms with Gasteiger partial charge in [-0.15, -0.1) is 0 Å². The topological polar surface area (TPSA) is 0 Å². The van der Waals surface area contributed by atoms with Gasteiger partial charge in [0.15, 0.2) is 0 Å². The highest BCUT2D eigenvalue weighted by Gasteiger charge is 2.30. The van der Waals surface area contributed by atoms with Crippen molar-refractivity contribution in [1.82, 2.24) is 0 Å². The zero-order valence-electron chi connectivity index (χ0n) is 15.5. The van der Waals surface area contributed by atoms with Gasteiger partial charge in [-0.1, -0.05) is 63.6 Å². The minimum atomic E-state index is -4.23. The highest BCUT2D eigenvalue weighted by Crippen LogP contribution is 2.30. The van der Waals surface area contributed by atoms with Crippen molar-refractivity contribution in [3.8, 4) is 0 Å². The molecular formula is C20H24F6. The third-order valence-electron chi connectivity index (χ3n) is 3.25. The Labute approximate surface area is 150 Å². The molecule has 0 aromatic heterocycles. The molecule has 0 nitrogen and oxygen atoms in total. The van der Waals surface area contributed by atoms with E-state index in [4.69, 9.17) is 0 Å². The zero-order chi connectivity index (χ0) is 20.5. The van der Waals surface area contributed by atoms with Crippen molar-refractivity contribution in [2.24, 2.45) is 0 Å². The van der Waals surface area contributed by atoms with Crippen LogP contribution >= 0.6 is 0 Å². The first-order valence-electron chi connectivity index (χ1n) is 8.22. The number of alkyl halides is 6. The average molecular weight is 378 g/mol. The highest BCUT2D eigenvalue weighted by atomic mass is 19.4. The molecule has 0 amide bonds. The van der Waals surface area contributed by atoms with E-state index >= 15 is 0 Å². The van der Waals surface area contributed by atoms with Gasteiger partial charge in [-0.05, 0) is 36.6 Å². The third kappa shape index (κ3) is 8.41. The largest absolute Gasteiger partial charge is 0.416 e. The van der Waals surface area contributed by atoms with Gasteiger partial charge in [-0.25, -0.2) is 0 Å². The Kier molecular flexibility index (Phi) is 9.46. The lowest BCUT2D eigenvalue weighted by molar-refractivity contribution is -0.138. The summed E-state index contributed by atoms with van der Waals surface area (Å²) in [5.41, 5.74) is 0.377. The van der Waals surface area contributed by atoms with E-state index in [0.29, 0.717) is 5.56 Å². The molecule has 0 saturated carbocycles. The molecule has 0 radical (unpaired) electrons. The molecule has 0 N–H and O–H groups in total. The summed E-state index contributed by atoms with van der Waals surface area (Å²) in [7, 11) is 0. The Morgan fingerprint density at radius 2 is 1.15 bits per heavy atom. The van der Waals surface area contributed by atoms with E-state index in [9.17, 15) is 26.3 Å². The quantitative estimate of drug-likeness (QED) is 0.443. The number of aryl methyl sites for hydroxylation is 1. The van der Waals surface area contributed by atoms with E-state index in [2.05, 4.69) is 0 Å². The predicted octanol–water partition coefficient (Wildman–Crippen LogP) is 7.87. The van der Waals surface area contributed by atoms with Gasteiger partial charge in [0, 0.05) is 0 Å². The van der Waals surface area contributed by atoms with Crippen molar-refractivity contribution in [2.75, 3.05) is 0 Å². The van der Waals surface area contributed by atoms with Crippen LogP contribution in [0.25, 0.3) is 0 Å². The summed E-state index contributed by atoms with van der Waals surface area (Å²) in [4.78, 5) is 0. The standard InChI is InChI=1S/C10H11F3.C8H7F3.C2H6/c1-7(2)8-3-5-9(6-4-8)10(11,12)13;1-6-3-2-4-7(5-6)8(9,10)11;1-2/h3-7H,1-2H3;2-5H,1H3;1-2H3. The average Bonchev–Trinajstić information content (AvgIpc) is 2.56. The fourth-order valence-electron chi connectivity index (χ4n) is 1.88. The molecule has 0 aliphatic heterocycles. The van der Waals surface area contributed by atoms with Gasteiger partial charge in [-0.3, -0.25) is 0 Å². The maximum absolute atomic E-state index is 12.1. The summed E-state index contributed by atoms with van der Waals surface area (Å²) in [6, 6.07) is 10.5. The van der Waals surface area contributed by atoms with Crippen LogP contribution in [0, 0.1) is 6.92 Å². The minimum absolute atomic E-state index is 0.266. The molecule has 0 saturated heterocycles. The maximum atomic E-state index is 12.1. The molecule has 146 valence electrons. The smallest absolute Gasteiger partial charge is 0.166 e. The first-order valence-corrected chi connectivity index (χ1v) is 8.22. The monoisotopic (exact) mass is 378 g/mol. The molecule has 2 aromatic carbocycles. The van der Waals surface area contributed by atoms with Crippen LogP contribution in [0.1, 0.15) is 55.9 Å². The molecule has 0 bridgehead atoms. The van der Waals surface area contributed by atoms with Gasteiger partial charge < -0.3 is 0 Å². The molecule has 6 heteroatoms. The third-order valence-corrected chi connectivity index (χ3v) is 3.25. The summed E-state index contributed by atoms with van der Waals surface area (Å²) in [5.74, 6) is 0.266. The van der Waals surface area contributed by atoms with Crippen LogP contribution in [0.5, 0.6) is 0 Å². The van der Waals surface area contributed by atoms with E-state index in [0.717, 1.165) is 29.8 Å². The van der Waals surface area contributed by atoms with Crippen LogP contribution in [0.2, 0.25) is 0 Å². The molecule has 26 heavy (non-hydrogen) atoms. The summed E-state index contributed by atoms with van der Waals surface area (Å²) < 4.78 is 72.3. The molecule has 0 atom stereocenters. The van der Waals surface area contributed by atoms with Gasteiger partial charge in [0.2, 0.25) is 0 Å². The van der Waals surface area contributed by atoms with Gasteiger partial charge in [0.05, 0.1) is 11.1 Å². The van der Waals surface area contributed by atoms with Gasteiger partial charge in [0.25, 0.3) is 0 Å². The molecule has 2 rings (SSSR count). The first kappa shape index (κ1) is 24.0.